The summed E-state index contributed by atoms with van der Waals surface area (Å²) < 4.78 is 11.5. The average molecular weight is 413 g/mol. The standard InChI is InChI=1S/C24H32N2O4/c1-16(27)26-11-8-20(9-12-26)30-23-6-5-21(29-2)15-22(23)24(28)25-10-7-19-14-17-3-4-18(19)13-17/h3-6,15,17-20H,7-14H2,1-2H3,(H,25,28)/t17-,18+,19-/m1/s1. The van der Waals surface area contributed by atoms with Crippen LogP contribution in [0.4, 0.5) is 0 Å². The Kier molecular flexibility index (Phi) is 6.30. The van der Waals surface area contributed by atoms with Gasteiger partial charge in [0.2, 0.25) is 5.91 Å². The van der Waals surface area contributed by atoms with Crippen molar-refractivity contribution >= 4 is 11.8 Å². The fourth-order valence-corrected chi connectivity index (χ4v) is 5.08. The van der Waals surface area contributed by atoms with Crippen LogP contribution in [0, 0.1) is 17.8 Å². The Labute approximate surface area is 178 Å². The number of allylic oxidation sites excluding steroid dienone is 2. The maximum absolute atomic E-state index is 12.9. The number of hydrogen-bond acceptors (Lipinski definition) is 4. The lowest BCUT2D eigenvalue weighted by Gasteiger charge is -2.31. The molecular weight excluding hydrogens is 380 g/mol. The minimum Gasteiger partial charge on any atom is -0.497 e. The van der Waals surface area contributed by atoms with E-state index in [1.807, 2.05) is 17.0 Å². The average Bonchev–Trinajstić information content (AvgIpc) is 3.38. The lowest BCUT2D eigenvalue weighted by Crippen LogP contribution is -2.40. The van der Waals surface area contributed by atoms with E-state index in [0.29, 0.717) is 48.5 Å². The zero-order valence-electron chi connectivity index (χ0n) is 17.9. The lowest BCUT2D eigenvalue weighted by atomic mass is 9.90. The smallest absolute Gasteiger partial charge is 0.255 e. The molecule has 1 aliphatic heterocycles. The fraction of sp³-hybridized carbons (Fsp3) is 0.583. The molecule has 1 aromatic carbocycles. The van der Waals surface area contributed by atoms with Crippen molar-refractivity contribution in [2.24, 2.45) is 17.8 Å². The zero-order chi connectivity index (χ0) is 21.1. The summed E-state index contributed by atoms with van der Waals surface area (Å²) in [5.74, 6) is 3.34. The molecule has 0 aromatic heterocycles. The summed E-state index contributed by atoms with van der Waals surface area (Å²) in [6.07, 6.45) is 9.79. The highest BCUT2D eigenvalue weighted by atomic mass is 16.5. The van der Waals surface area contributed by atoms with Crippen LogP contribution in [0.2, 0.25) is 0 Å². The third kappa shape index (κ3) is 4.63. The van der Waals surface area contributed by atoms with E-state index >= 15 is 0 Å². The number of benzene rings is 1. The van der Waals surface area contributed by atoms with Crippen molar-refractivity contribution in [2.45, 2.75) is 45.1 Å². The van der Waals surface area contributed by atoms with Gasteiger partial charge in [-0.2, -0.15) is 0 Å². The molecule has 2 amide bonds. The number of nitrogens with one attached hydrogen (secondary N) is 1. The lowest BCUT2D eigenvalue weighted by molar-refractivity contribution is -0.130. The summed E-state index contributed by atoms with van der Waals surface area (Å²) in [5.41, 5.74) is 0.510. The number of fused-ring (bicyclic) bond motifs is 2. The molecule has 30 heavy (non-hydrogen) atoms. The molecule has 3 aliphatic rings. The molecule has 3 atom stereocenters. The molecule has 6 nitrogen and oxygen atoms in total. The van der Waals surface area contributed by atoms with Crippen LogP contribution >= 0.6 is 0 Å². The molecule has 2 bridgehead atoms. The largest absolute Gasteiger partial charge is 0.497 e. The maximum atomic E-state index is 12.9. The Morgan fingerprint density at radius 3 is 2.60 bits per heavy atom. The van der Waals surface area contributed by atoms with E-state index in [1.54, 1.807) is 20.1 Å². The molecule has 0 radical (unpaired) electrons. The molecule has 4 rings (SSSR count). The zero-order valence-corrected chi connectivity index (χ0v) is 17.9. The highest BCUT2D eigenvalue weighted by Crippen LogP contribution is 2.44. The van der Waals surface area contributed by atoms with Crippen LogP contribution in [-0.2, 0) is 4.79 Å². The fourth-order valence-electron chi connectivity index (χ4n) is 5.08. The van der Waals surface area contributed by atoms with Gasteiger partial charge in [-0.3, -0.25) is 9.59 Å². The Hall–Kier alpha value is -2.50. The summed E-state index contributed by atoms with van der Waals surface area (Å²) >= 11 is 0. The van der Waals surface area contributed by atoms with Crippen LogP contribution < -0.4 is 14.8 Å². The molecule has 1 saturated heterocycles. The van der Waals surface area contributed by atoms with Crippen LogP contribution in [0.25, 0.3) is 0 Å². The topological polar surface area (TPSA) is 67.9 Å². The van der Waals surface area contributed by atoms with Crippen molar-refractivity contribution in [2.75, 3.05) is 26.7 Å². The predicted octanol–water partition coefficient (Wildman–Crippen LogP) is 3.42. The summed E-state index contributed by atoms with van der Waals surface area (Å²) in [5, 5.41) is 3.08. The molecule has 2 fully saturated rings. The molecule has 0 spiro atoms. The number of nitrogens with zero attached hydrogens (tertiary/aromatic N) is 1. The van der Waals surface area contributed by atoms with Gasteiger partial charge in [-0.1, -0.05) is 12.2 Å². The number of rotatable bonds is 7. The van der Waals surface area contributed by atoms with E-state index in [4.69, 9.17) is 9.47 Å². The Morgan fingerprint density at radius 1 is 1.17 bits per heavy atom. The summed E-state index contributed by atoms with van der Waals surface area (Å²) in [6.45, 7) is 3.65. The van der Waals surface area contributed by atoms with Gasteiger partial charge >= 0.3 is 0 Å². The highest BCUT2D eigenvalue weighted by Gasteiger charge is 2.35. The number of piperidine rings is 1. The summed E-state index contributed by atoms with van der Waals surface area (Å²) in [7, 11) is 1.59. The van der Waals surface area contributed by atoms with E-state index < -0.39 is 0 Å². The highest BCUT2D eigenvalue weighted by molar-refractivity contribution is 5.97. The number of ether oxygens (including phenoxy) is 2. The third-order valence-electron chi connectivity index (χ3n) is 6.83. The Bertz CT molecular complexity index is 813. The number of likely N-dealkylation sites (tertiary alicyclic amines) is 1. The number of carbonyl (C=O) groups excluding carboxylic acids is 2. The number of carbonyl (C=O) groups is 2. The van der Waals surface area contributed by atoms with Gasteiger partial charge in [-0.05, 0) is 55.2 Å². The van der Waals surface area contributed by atoms with Crippen molar-refractivity contribution in [3.8, 4) is 11.5 Å². The second kappa shape index (κ2) is 9.11. The van der Waals surface area contributed by atoms with Gasteiger partial charge in [-0.15, -0.1) is 0 Å². The van der Waals surface area contributed by atoms with Crippen molar-refractivity contribution in [1.82, 2.24) is 10.2 Å². The quantitative estimate of drug-likeness (QED) is 0.697. The van der Waals surface area contributed by atoms with Crippen LogP contribution in [0.5, 0.6) is 11.5 Å². The van der Waals surface area contributed by atoms with Crippen molar-refractivity contribution < 1.29 is 19.1 Å². The van der Waals surface area contributed by atoms with E-state index in [9.17, 15) is 9.59 Å². The predicted molar refractivity (Wildman–Crippen MR) is 115 cm³/mol. The Morgan fingerprint density at radius 2 is 1.97 bits per heavy atom. The van der Waals surface area contributed by atoms with Crippen LogP contribution in [0.3, 0.4) is 0 Å². The van der Waals surface area contributed by atoms with Crippen molar-refractivity contribution in [1.29, 1.82) is 0 Å². The molecule has 162 valence electrons. The monoisotopic (exact) mass is 412 g/mol. The van der Waals surface area contributed by atoms with Crippen molar-refractivity contribution in [3.63, 3.8) is 0 Å². The van der Waals surface area contributed by atoms with Gasteiger partial charge < -0.3 is 19.7 Å². The molecule has 6 heteroatoms. The first-order valence-electron chi connectivity index (χ1n) is 11.1. The number of amides is 2. The molecule has 2 aliphatic carbocycles. The minimum absolute atomic E-state index is 0.00127. The molecule has 0 unspecified atom stereocenters. The molecule has 1 saturated carbocycles. The normalized spacial score (nSPS) is 25.4. The molecule has 1 heterocycles. The summed E-state index contributed by atoms with van der Waals surface area (Å²) in [6, 6.07) is 5.37. The van der Waals surface area contributed by atoms with Crippen LogP contribution in [-0.4, -0.2) is 49.6 Å². The van der Waals surface area contributed by atoms with Crippen molar-refractivity contribution in [3.05, 3.63) is 35.9 Å². The van der Waals surface area contributed by atoms with E-state index in [2.05, 4.69) is 17.5 Å². The molecule has 1 aromatic rings. The first kappa shape index (κ1) is 20.8. The van der Waals surface area contributed by atoms with Crippen LogP contribution in [0.15, 0.2) is 30.4 Å². The second-order valence-electron chi connectivity index (χ2n) is 8.77. The van der Waals surface area contributed by atoms with Gasteiger partial charge in [0.1, 0.15) is 17.6 Å². The van der Waals surface area contributed by atoms with E-state index in [0.717, 1.165) is 25.2 Å². The van der Waals surface area contributed by atoms with Gasteiger partial charge in [0.05, 0.1) is 12.7 Å². The Balaban J connectivity index is 1.35. The third-order valence-corrected chi connectivity index (χ3v) is 6.83. The van der Waals surface area contributed by atoms with E-state index in [1.165, 1.54) is 12.8 Å². The van der Waals surface area contributed by atoms with Gasteiger partial charge in [0, 0.05) is 39.4 Å². The minimum atomic E-state index is -0.122. The van der Waals surface area contributed by atoms with Gasteiger partial charge in [0.25, 0.3) is 5.91 Å². The first-order chi connectivity index (χ1) is 14.5. The molecular formula is C24H32N2O4. The van der Waals surface area contributed by atoms with E-state index in [-0.39, 0.29) is 17.9 Å². The van der Waals surface area contributed by atoms with Gasteiger partial charge in [-0.25, -0.2) is 0 Å². The first-order valence-corrected chi connectivity index (χ1v) is 11.1. The second-order valence-corrected chi connectivity index (χ2v) is 8.77. The maximum Gasteiger partial charge on any atom is 0.255 e. The summed E-state index contributed by atoms with van der Waals surface area (Å²) in [4.78, 5) is 26.3. The van der Waals surface area contributed by atoms with Gasteiger partial charge in [0.15, 0.2) is 0 Å². The number of hydrogen-bond donors (Lipinski definition) is 1. The molecule has 1 N–H and O–H groups in total. The van der Waals surface area contributed by atoms with Crippen LogP contribution in [0.1, 0.15) is 49.4 Å². The number of methoxy groups -OCH3 is 1. The SMILES string of the molecule is COc1ccc(OC2CCN(C(C)=O)CC2)c(C(=O)NCC[C@@H]2C[C@@H]3C=C[C@H]2C3)c1.